The van der Waals surface area contributed by atoms with E-state index in [0.29, 0.717) is 15.7 Å². The van der Waals surface area contributed by atoms with Crippen molar-refractivity contribution in [2.75, 3.05) is 17.3 Å². The van der Waals surface area contributed by atoms with E-state index in [1.165, 1.54) is 17.3 Å². The van der Waals surface area contributed by atoms with E-state index >= 15 is 0 Å². The Bertz CT molecular complexity index is 387. The fourth-order valence-corrected chi connectivity index (χ4v) is 16.2. The van der Waals surface area contributed by atoms with Crippen molar-refractivity contribution < 1.29 is 0 Å². The maximum atomic E-state index is 4.85. The van der Waals surface area contributed by atoms with Crippen molar-refractivity contribution in [3.8, 4) is 0 Å². The molecule has 3 atom stereocenters. The summed E-state index contributed by atoms with van der Waals surface area (Å²) in [5.41, 5.74) is 0. The molecule has 0 saturated carbocycles. The van der Waals surface area contributed by atoms with Gasteiger partial charge in [0.15, 0.2) is 0 Å². The second-order valence-corrected chi connectivity index (χ2v) is 22.9. The molecule has 0 N–H and O–H groups in total. The minimum absolute atomic E-state index is 0.191. The molecule has 3 rings (SSSR count). The lowest BCUT2D eigenvalue weighted by Crippen LogP contribution is -2.22. The number of rotatable bonds is 12. The van der Waals surface area contributed by atoms with Crippen LogP contribution in [0.1, 0.15) is 19.3 Å². The Morgan fingerprint density at radius 2 is 0.880 bits per heavy atom. The summed E-state index contributed by atoms with van der Waals surface area (Å²) in [6, 6.07) is 0. The van der Waals surface area contributed by atoms with Gasteiger partial charge in [0.25, 0.3) is 0 Å². The summed E-state index contributed by atoms with van der Waals surface area (Å²) in [4.78, 5) is 0. The Morgan fingerprint density at radius 3 is 1.08 bits per heavy atom. The van der Waals surface area contributed by atoms with Gasteiger partial charge in [0, 0.05) is 33.0 Å². The molecule has 146 valence electrons. The highest BCUT2D eigenvalue weighted by Gasteiger charge is 2.42. The van der Waals surface area contributed by atoms with E-state index in [9.17, 15) is 0 Å². The van der Waals surface area contributed by atoms with Gasteiger partial charge >= 0.3 is 0 Å². The molecule has 12 heteroatoms. The summed E-state index contributed by atoms with van der Waals surface area (Å²) in [5, 5.41) is 2.12. The Labute approximate surface area is 210 Å². The summed E-state index contributed by atoms with van der Waals surface area (Å²) in [7, 11) is 0. The molecule has 25 heavy (non-hydrogen) atoms. The van der Waals surface area contributed by atoms with Gasteiger partial charge in [-0.3, -0.25) is 0 Å². The lowest BCUT2D eigenvalue weighted by molar-refractivity contribution is 0.924. The molecule has 3 fully saturated rings. The van der Waals surface area contributed by atoms with Crippen molar-refractivity contribution >= 4 is 146 Å². The quantitative estimate of drug-likeness (QED) is 0.0903. The van der Waals surface area contributed by atoms with Crippen molar-refractivity contribution in [2.24, 2.45) is 0 Å². The van der Waals surface area contributed by atoms with Gasteiger partial charge in [0.05, 0.1) is 0 Å². The Kier molecular flexibility index (Phi) is 9.33. The Balaban J connectivity index is 1.60. The lowest BCUT2D eigenvalue weighted by Gasteiger charge is -2.35. The first-order valence-corrected chi connectivity index (χ1v) is 16.2. The first kappa shape index (κ1) is 23.9. The third kappa shape index (κ3) is 10.4. The second-order valence-electron chi connectivity index (χ2n) is 6.35. The number of hydrogen-bond donors (Lipinski definition) is 6. The summed E-state index contributed by atoms with van der Waals surface area (Å²) in [6.07, 6.45) is 3.00. The van der Waals surface area contributed by atoms with E-state index in [1.807, 2.05) is 35.3 Å². The molecule has 3 unspecified atom stereocenters. The van der Waals surface area contributed by atoms with Gasteiger partial charge in [-0.15, -0.1) is 35.3 Å². The lowest BCUT2D eigenvalue weighted by atomic mass is 10.4. The largest absolute Gasteiger partial charge is 0.156 e. The third-order valence-electron chi connectivity index (χ3n) is 3.54. The van der Waals surface area contributed by atoms with E-state index in [0.717, 1.165) is 19.3 Å². The molecule has 3 saturated heterocycles. The molecule has 0 aromatic carbocycles. The van der Waals surface area contributed by atoms with Crippen molar-refractivity contribution in [3.63, 3.8) is 0 Å². The van der Waals surface area contributed by atoms with Crippen LogP contribution in [0, 0.1) is 0 Å². The van der Waals surface area contributed by atoms with Gasteiger partial charge in [-0.05, 0) is 19.3 Å². The van der Waals surface area contributed by atoms with Crippen molar-refractivity contribution in [1.29, 1.82) is 0 Å². The predicted molar refractivity (Wildman–Crippen MR) is 151 cm³/mol. The molecule has 0 aromatic heterocycles. The zero-order valence-electron chi connectivity index (χ0n) is 13.2. The standard InChI is InChI=1S/C13H22S12/c14-11(15,1-7-4-20-7)23-10(24-12(16,17)2-8-5-21-8)25-13(18,19)3-9-6-22-9/h7-10,14-19H,1-6H2. The second kappa shape index (κ2) is 9.77. The van der Waals surface area contributed by atoms with E-state index < -0.39 is 0 Å². The van der Waals surface area contributed by atoms with Gasteiger partial charge in [0.2, 0.25) is 0 Å². The van der Waals surface area contributed by atoms with Crippen molar-refractivity contribution in [1.82, 2.24) is 0 Å². The Hall–Kier alpha value is 4.20. The van der Waals surface area contributed by atoms with Crippen molar-refractivity contribution in [3.05, 3.63) is 0 Å². The van der Waals surface area contributed by atoms with Crippen LogP contribution in [-0.2, 0) is 0 Å². The highest BCUT2D eigenvalue weighted by atomic mass is 32.3. The first-order valence-electron chi connectivity index (χ1n) is 7.74. The van der Waals surface area contributed by atoms with Gasteiger partial charge < -0.3 is 0 Å². The number of thiol groups is 6. The molecule has 0 aliphatic carbocycles. The van der Waals surface area contributed by atoms with Crippen LogP contribution in [-0.4, -0.2) is 47.2 Å². The molecule has 0 bridgehead atoms. The van der Waals surface area contributed by atoms with Gasteiger partial charge in [0.1, 0.15) is 14.1 Å². The molecule has 3 heterocycles. The molecule has 0 spiro atoms. The van der Waals surface area contributed by atoms with Crippen LogP contribution in [0.15, 0.2) is 0 Å². The maximum Gasteiger partial charge on any atom is 0.104 e. The molecule has 3 aliphatic heterocycles. The van der Waals surface area contributed by atoms with Crippen LogP contribution in [0.3, 0.4) is 0 Å². The smallest absolute Gasteiger partial charge is 0.104 e. The summed E-state index contributed by atoms with van der Waals surface area (Å²) >= 11 is 40.5. The highest BCUT2D eigenvalue weighted by molar-refractivity contribution is 8.44. The van der Waals surface area contributed by atoms with Crippen LogP contribution < -0.4 is 0 Å². The van der Waals surface area contributed by atoms with E-state index in [4.69, 9.17) is 75.8 Å². The first-order chi connectivity index (χ1) is 11.5. The Morgan fingerprint density at radius 1 is 0.640 bits per heavy atom. The molecule has 0 amide bonds. The molecular weight excluding hydrogens is 541 g/mol. The normalized spacial score (nSPS) is 30.2. The average Bonchev–Trinajstić information content (AvgIpc) is 3.22. The molecule has 0 nitrogen and oxygen atoms in total. The summed E-state index contributed by atoms with van der Waals surface area (Å²) in [6.45, 7) is 0. The fraction of sp³-hybridized carbons (Fsp3) is 1.00. The zero-order chi connectivity index (χ0) is 18.3. The van der Waals surface area contributed by atoms with E-state index in [1.54, 1.807) is 35.3 Å². The van der Waals surface area contributed by atoms with Crippen LogP contribution in [0.5, 0.6) is 0 Å². The van der Waals surface area contributed by atoms with Crippen LogP contribution in [0.4, 0.5) is 0 Å². The minimum atomic E-state index is -0.350. The molecule has 0 aromatic rings. The third-order valence-corrected chi connectivity index (χ3v) is 13.4. The molecule has 3 aliphatic rings. The average molecular weight is 563 g/mol. The van der Waals surface area contributed by atoms with E-state index in [-0.39, 0.29) is 14.1 Å². The monoisotopic (exact) mass is 562 g/mol. The predicted octanol–water partition coefficient (Wildman–Crippen LogP) is 6.53. The summed E-state index contributed by atoms with van der Waals surface area (Å²) < 4.78 is -0.860. The van der Waals surface area contributed by atoms with Gasteiger partial charge in [-0.25, -0.2) is 0 Å². The SMILES string of the molecule is SC(S)(CC1CS1)SC(SC(S)(S)CC1CS1)SC(S)(S)CC1CS1. The van der Waals surface area contributed by atoms with Gasteiger partial charge in [-0.2, -0.15) is 111 Å². The maximum absolute atomic E-state index is 4.85. The number of hydrogen-bond acceptors (Lipinski definition) is 12. The van der Waals surface area contributed by atoms with Crippen LogP contribution in [0.25, 0.3) is 0 Å². The van der Waals surface area contributed by atoms with E-state index in [2.05, 4.69) is 0 Å². The topological polar surface area (TPSA) is 0 Å². The molecular formula is C13H22S12. The summed E-state index contributed by atoms with van der Waals surface area (Å²) in [5.74, 6) is 3.70. The molecule has 0 radical (unpaired) electrons. The van der Waals surface area contributed by atoms with Gasteiger partial charge in [-0.1, -0.05) is 0 Å². The fourth-order valence-electron chi connectivity index (χ4n) is 2.13. The number of thioether (sulfide) groups is 6. The zero-order valence-corrected chi connectivity index (χ0v) is 23.5. The van der Waals surface area contributed by atoms with Crippen LogP contribution >= 0.6 is 146 Å². The van der Waals surface area contributed by atoms with Crippen LogP contribution in [0.2, 0.25) is 0 Å². The van der Waals surface area contributed by atoms with Crippen molar-refractivity contribution in [2.45, 2.75) is 49.2 Å². The minimum Gasteiger partial charge on any atom is -0.156 e. The highest BCUT2D eigenvalue weighted by Crippen LogP contribution is 2.60.